The van der Waals surface area contributed by atoms with E-state index in [1.165, 1.54) is 0 Å². The van der Waals surface area contributed by atoms with Crippen LogP contribution in [0, 0.1) is 5.92 Å². The van der Waals surface area contributed by atoms with Gasteiger partial charge in [0, 0.05) is 39.3 Å². The molecule has 2 amide bonds. The van der Waals surface area contributed by atoms with Crippen molar-refractivity contribution >= 4 is 11.8 Å². The van der Waals surface area contributed by atoms with E-state index in [2.05, 4.69) is 11.9 Å². The summed E-state index contributed by atoms with van der Waals surface area (Å²) in [7, 11) is 0. The zero-order valence-corrected chi connectivity index (χ0v) is 13.3. The van der Waals surface area contributed by atoms with Gasteiger partial charge < -0.3 is 9.80 Å². The van der Waals surface area contributed by atoms with Gasteiger partial charge in [-0.1, -0.05) is 13.0 Å². The van der Waals surface area contributed by atoms with E-state index in [1.54, 1.807) is 18.0 Å². The molecule has 5 nitrogen and oxygen atoms in total. The van der Waals surface area contributed by atoms with Crippen molar-refractivity contribution in [1.29, 1.82) is 0 Å². The maximum atomic E-state index is 12.9. The molecule has 0 bridgehead atoms. The lowest BCUT2D eigenvalue weighted by Gasteiger charge is -2.37. The number of hydrogen-bond acceptors (Lipinski definition) is 3. The van der Waals surface area contributed by atoms with Gasteiger partial charge in [0.25, 0.3) is 0 Å². The van der Waals surface area contributed by atoms with Crippen molar-refractivity contribution in [3.8, 4) is 0 Å². The molecule has 1 saturated heterocycles. The predicted molar refractivity (Wildman–Crippen MR) is 83.0 cm³/mol. The molecule has 1 fully saturated rings. The maximum Gasteiger partial charge on any atom is 0.233 e. The van der Waals surface area contributed by atoms with E-state index in [9.17, 15) is 9.59 Å². The van der Waals surface area contributed by atoms with Crippen LogP contribution in [0.5, 0.6) is 0 Å². The van der Waals surface area contributed by atoms with Crippen LogP contribution in [0.4, 0.5) is 0 Å². The first-order valence-corrected chi connectivity index (χ1v) is 8.04. The zero-order chi connectivity index (χ0) is 15.7. The normalized spacial score (nSPS) is 22.4. The summed E-state index contributed by atoms with van der Waals surface area (Å²) in [5.41, 5.74) is 1.84. The molecule has 2 aliphatic rings. The van der Waals surface area contributed by atoms with Crippen molar-refractivity contribution in [2.45, 2.75) is 39.2 Å². The van der Waals surface area contributed by atoms with E-state index < -0.39 is 0 Å². The molecule has 2 aliphatic heterocycles. The van der Waals surface area contributed by atoms with Gasteiger partial charge >= 0.3 is 0 Å². The molecule has 0 saturated carbocycles. The number of carbonyl (C=O) groups is 2. The van der Waals surface area contributed by atoms with Crippen LogP contribution in [0.1, 0.15) is 43.9 Å². The lowest BCUT2D eigenvalue weighted by molar-refractivity contribution is -0.137. The lowest BCUT2D eigenvalue weighted by atomic mass is 9.91. The largest absolute Gasteiger partial charge is 0.342 e. The van der Waals surface area contributed by atoms with Gasteiger partial charge in [0.1, 0.15) is 0 Å². The van der Waals surface area contributed by atoms with Crippen molar-refractivity contribution in [1.82, 2.24) is 14.8 Å². The Morgan fingerprint density at radius 1 is 1.23 bits per heavy atom. The van der Waals surface area contributed by atoms with Crippen molar-refractivity contribution in [3.05, 3.63) is 29.6 Å². The minimum atomic E-state index is -0.317. The maximum absolute atomic E-state index is 12.9. The van der Waals surface area contributed by atoms with Gasteiger partial charge in [-0.2, -0.15) is 0 Å². The Labute approximate surface area is 131 Å². The van der Waals surface area contributed by atoms with E-state index in [0.717, 1.165) is 37.2 Å². The first-order chi connectivity index (χ1) is 10.6. The molecule has 1 aromatic rings. The average Bonchev–Trinajstić information content (AvgIpc) is 2.53. The first-order valence-electron chi connectivity index (χ1n) is 8.04. The molecular weight excluding hydrogens is 278 g/mol. The fraction of sp³-hybridized carbons (Fsp3) is 0.588. The first kappa shape index (κ1) is 15.0. The summed E-state index contributed by atoms with van der Waals surface area (Å²) in [4.78, 5) is 32.9. The second-order valence-corrected chi connectivity index (χ2v) is 6.51. The number of aromatic nitrogens is 1. The van der Waals surface area contributed by atoms with Gasteiger partial charge in [-0.3, -0.25) is 14.6 Å². The molecular formula is C17H23N3O2. The Bertz CT molecular complexity index is 579. The van der Waals surface area contributed by atoms with E-state index in [1.807, 2.05) is 17.0 Å². The monoisotopic (exact) mass is 301 g/mol. The Morgan fingerprint density at radius 3 is 2.64 bits per heavy atom. The highest BCUT2D eigenvalue weighted by molar-refractivity contribution is 5.85. The molecule has 5 heteroatoms. The van der Waals surface area contributed by atoms with Gasteiger partial charge in [0.2, 0.25) is 11.8 Å². The van der Waals surface area contributed by atoms with E-state index in [-0.39, 0.29) is 17.7 Å². The fourth-order valence-corrected chi connectivity index (χ4v) is 3.36. The molecule has 1 atom stereocenters. The highest BCUT2D eigenvalue weighted by atomic mass is 16.2. The van der Waals surface area contributed by atoms with Crippen LogP contribution in [0.3, 0.4) is 0 Å². The summed E-state index contributed by atoms with van der Waals surface area (Å²) in [6.07, 6.45) is 3.86. The lowest BCUT2D eigenvalue weighted by Crippen LogP contribution is -2.47. The Kier molecular flexibility index (Phi) is 4.14. The number of carbonyl (C=O) groups excluding carboxylic acids is 2. The third-order valence-corrected chi connectivity index (χ3v) is 4.86. The molecule has 1 aromatic heterocycles. The van der Waals surface area contributed by atoms with Crippen molar-refractivity contribution in [3.63, 3.8) is 0 Å². The summed E-state index contributed by atoms with van der Waals surface area (Å²) in [5, 5.41) is 0. The standard InChI is InChI=1S/C17H23N3O2/c1-12-5-8-19(9-6-12)17(22)15-11-20(13(2)21)10-14-4-3-7-18-16(14)15/h3-4,7,12,15H,5-6,8-11H2,1-2H3. The minimum Gasteiger partial charge on any atom is -0.342 e. The predicted octanol–water partition coefficient (Wildman–Crippen LogP) is 1.79. The van der Waals surface area contributed by atoms with Crippen molar-refractivity contribution in [2.24, 2.45) is 5.92 Å². The molecule has 0 N–H and O–H groups in total. The quantitative estimate of drug-likeness (QED) is 0.794. The number of piperidine rings is 1. The molecule has 118 valence electrons. The molecule has 1 unspecified atom stereocenters. The number of nitrogens with zero attached hydrogens (tertiary/aromatic N) is 3. The molecule has 0 aromatic carbocycles. The van der Waals surface area contributed by atoms with Crippen LogP contribution in [-0.2, 0) is 16.1 Å². The summed E-state index contributed by atoms with van der Waals surface area (Å²) in [6, 6.07) is 3.84. The molecule has 3 heterocycles. The smallest absolute Gasteiger partial charge is 0.233 e. The van der Waals surface area contributed by atoms with Crippen molar-refractivity contribution in [2.75, 3.05) is 19.6 Å². The second-order valence-electron chi connectivity index (χ2n) is 6.51. The third kappa shape index (κ3) is 2.85. The Morgan fingerprint density at radius 2 is 1.95 bits per heavy atom. The molecule has 0 spiro atoms. The summed E-state index contributed by atoms with van der Waals surface area (Å²) in [6.45, 7) is 6.43. The van der Waals surface area contributed by atoms with Gasteiger partial charge in [0.05, 0.1) is 11.6 Å². The van der Waals surface area contributed by atoms with Crippen LogP contribution in [0.25, 0.3) is 0 Å². The van der Waals surface area contributed by atoms with Crippen LogP contribution in [0.2, 0.25) is 0 Å². The molecule has 22 heavy (non-hydrogen) atoms. The van der Waals surface area contributed by atoms with Gasteiger partial charge in [-0.25, -0.2) is 0 Å². The summed E-state index contributed by atoms with van der Waals surface area (Å²) >= 11 is 0. The number of amides is 2. The van der Waals surface area contributed by atoms with Crippen LogP contribution >= 0.6 is 0 Å². The van der Waals surface area contributed by atoms with E-state index >= 15 is 0 Å². The number of pyridine rings is 1. The topological polar surface area (TPSA) is 53.5 Å². The number of hydrogen-bond donors (Lipinski definition) is 0. The van der Waals surface area contributed by atoms with E-state index in [4.69, 9.17) is 0 Å². The third-order valence-electron chi connectivity index (χ3n) is 4.86. The van der Waals surface area contributed by atoms with Gasteiger partial charge in [0.15, 0.2) is 0 Å². The Hall–Kier alpha value is -1.91. The summed E-state index contributed by atoms with van der Waals surface area (Å²) in [5.74, 6) is 0.508. The molecule has 0 radical (unpaired) electrons. The highest BCUT2D eigenvalue weighted by Gasteiger charge is 2.35. The van der Waals surface area contributed by atoms with E-state index in [0.29, 0.717) is 19.0 Å². The van der Waals surface area contributed by atoms with Gasteiger partial charge in [-0.05, 0) is 30.4 Å². The highest BCUT2D eigenvalue weighted by Crippen LogP contribution is 2.29. The zero-order valence-electron chi connectivity index (χ0n) is 13.3. The number of likely N-dealkylation sites (tertiary alicyclic amines) is 1. The minimum absolute atomic E-state index is 0.0135. The average molecular weight is 301 g/mol. The van der Waals surface area contributed by atoms with Crippen molar-refractivity contribution < 1.29 is 9.59 Å². The van der Waals surface area contributed by atoms with Crippen LogP contribution < -0.4 is 0 Å². The van der Waals surface area contributed by atoms with Crippen LogP contribution in [0.15, 0.2) is 18.3 Å². The SMILES string of the molecule is CC(=O)N1Cc2cccnc2C(C(=O)N2CCC(C)CC2)C1. The molecule has 3 rings (SSSR count). The number of rotatable bonds is 1. The summed E-state index contributed by atoms with van der Waals surface area (Å²) < 4.78 is 0. The number of fused-ring (bicyclic) bond motifs is 1. The van der Waals surface area contributed by atoms with Crippen LogP contribution in [-0.4, -0.2) is 46.2 Å². The fourth-order valence-electron chi connectivity index (χ4n) is 3.36. The van der Waals surface area contributed by atoms with Gasteiger partial charge in [-0.15, -0.1) is 0 Å². The second kappa shape index (κ2) is 6.07. The molecule has 0 aliphatic carbocycles. The Balaban J connectivity index is 1.85.